The molecule has 1 aliphatic heterocycles. The van der Waals surface area contributed by atoms with Gasteiger partial charge in [0.05, 0.1) is 12.2 Å². The van der Waals surface area contributed by atoms with Gasteiger partial charge in [0.25, 0.3) is 5.91 Å². The number of benzene rings is 1. The van der Waals surface area contributed by atoms with Crippen molar-refractivity contribution >= 4 is 5.91 Å². The number of fused-ring (bicyclic) bond motifs is 1. The van der Waals surface area contributed by atoms with Gasteiger partial charge in [0.1, 0.15) is 6.67 Å². The Labute approximate surface area is 156 Å². The summed E-state index contributed by atoms with van der Waals surface area (Å²) in [7, 11) is 0. The third-order valence-electron chi connectivity index (χ3n) is 4.84. The average Bonchev–Trinajstić information content (AvgIpc) is 3.16. The Hall–Kier alpha value is -3.15. The van der Waals surface area contributed by atoms with E-state index in [2.05, 4.69) is 15.0 Å². The van der Waals surface area contributed by atoms with Gasteiger partial charge in [-0.3, -0.25) is 9.78 Å². The maximum Gasteiger partial charge on any atom is 0.254 e. The van der Waals surface area contributed by atoms with Crippen LogP contribution in [0.4, 0.5) is 4.39 Å². The zero-order valence-electron chi connectivity index (χ0n) is 15.0. The first-order valence-corrected chi connectivity index (χ1v) is 8.91. The number of pyridine rings is 1. The molecule has 0 saturated carbocycles. The molecule has 0 bridgehead atoms. The molecule has 2 aromatic heterocycles. The van der Waals surface area contributed by atoms with E-state index in [1.165, 1.54) is 0 Å². The molecule has 0 radical (unpaired) electrons. The number of halogens is 1. The Balaban J connectivity index is 1.61. The summed E-state index contributed by atoms with van der Waals surface area (Å²) in [6.07, 6.45) is 5.96. The second-order valence-electron chi connectivity index (χ2n) is 6.54. The maximum atomic E-state index is 13.4. The van der Waals surface area contributed by atoms with Gasteiger partial charge in [-0.2, -0.15) is 0 Å². The van der Waals surface area contributed by atoms with E-state index in [9.17, 15) is 9.18 Å². The maximum absolute atomic E-state index is 13.4. The third-order valence-corrected chi connectivity index (χ3v) is 4.84. The summed E-state index contributed by atoms with van der Waals surface area (Å²) < 4.78 is 13.4. The van der Waals surface area contributed by atoms with Crippen LogP contribution in [-0.4, -0.2) is 25.8 Å². The molecule has 0 fully saturated rings. The van der Waals surface area contributed by atoms with Crippen molar-refractivity contribution < 1.29 is 9.18 Å². The van der Waals surface area contributed by atoms with Crippen molar-refractivity contribution in [2.75, 3.05) is 0 Å². The molecule has 3 aromatic rings. The van der Waals surface area contributed by atoms with Crippen LogP contribution in [-0.2, 0) is 26.2 Å². The molecule has 6 heteroatoms. The van der Waals surface area contributed by atoms with Crippen molar-refractivity contribution in [3.8, 4) is 11.4 Å². The van der Waals surface area contributed by atoms with E-state index in [4.69, 9.17) is 0 Å². The first kappa shape index (κ1) is 17.3. The van der Waals surface area contributed by atoms with E-state index >= 15 is 0 Å². The smallest absolute Gasteiger partial charge is 0.254 e. The predicted octanol–water partition coefficient (Wildman–Crippen LogP) is 3.73. The fourth-order valence-corrected chi connectivity index (χ4v) is 3.27. The molecule has 0 saturated heterocycles. The molecule has 5 nitrogen and oxygen atoms in total. The van der Waals surface area contributed by atoms with Crippen LogP contribution in [0.3, 0.4) is 0 Å². The van der Waals surface area contributed by atoms with Crippen LogP contribution in [0.25, 0.3) is 11.4 Å². The minimum absolute atomic E-state index is 0.165. The number of hydrogen-bond donors (Lipinski definition) is 0. The normalized spacial score (nSPS) is 12.9. The van der Waals surface area contributed by atoms with Gasteiger partial charge in [0, 0.05) is 41.8 Å². The topological polar surface area (TPSA) is 59.0 Å². The molecule has 0 spiro atoms. The average molecular weight is 362 g/mol. The van der Waals surface area contributed by atoms with E-state index in [-0.39, 0.29) is 5.91 Å². The molecule has 0 aliphatic carbocycles. The van der Waals surface area contributed by atoms with Crippen LogP contribution in [0.2, 0.25) is 0 Å². The number of carbonyl (C=O) groups is 1. The van der Waals surface area contributed by atoms with E-state index in [1.807, 2.05) is 25.1 Å². The highest BCUT2D eigenvalue weighted by molar-refractivity contribution is 5.96. The number of carbonyl (C=O) groups excluding carboxylic acids is 1. The van der Waals surface area contributed by atoms with E-state index in [1.54, 1.807) is 35.6 Å². The Kier molecular flexibility index (Phi) is 4.62. The van der Waals surface area contributed by atoms with Gasteiger partial charge < -0.3 is 4.90 Å². The lowest BCUT2D eigenvalue weighted by molar-refractivity contribution is 0.0748. The number of rotatable bonds is 4. The molecule has 0 unspecified atom stereocenters. The van der Waals surface area contributed by atoms with Crippen LogP contribution in [0.5, 0.6) is 0 Å². The molecule has 0 N–H and O–H groups in total. The van der Waals surface area contributed by atoms with Crippen LogP contribution in [0.15, 0.2) is 48.9 Å². The van der Waals surface area contributed by atoms with Crippen LogP contribution < -0.4 is 0 Å². The number of hydrogen-bond acceptors (Lipinski definition) is 4. The zero-order valence-corrected chi connectivity index (χ0v) is 15.0. The summed E-state index contributed by atoms with van der Waals surface area (Å²) in [6, 6.07) is 9.08. The summed E-state index contributed by atoms with van der Waals surface area (Å²) in [5.74, 6) is 0.448. The summed E-state index contributed by atoms with van der Waals surface area (Å²) >= 11 is 0. The van der Waals surface area contributed by atoms with Gasteiger partial charge >= 0.3 is 0 Å². The third kappa shape index (κ3) is 3.30. The fraction of sp³-hybridized carbons (Fsp3) is 0.238. The molecule has 27 heavy (non-hydrogen) atoms. The number of alkyl halides is 1. The van der Waals surface area contributed by atoms with Crippen molar-refractivity contribution in [3.05, 3.63) is 76.9 Å². The van der Waals surface area contributed by atoms with Gasteiger partial charge in [0.15, 0.2) is 5.82 Å². The molecule has 1 amide bonds. The minimum atomic E-state index is -0.655. The quantitative estimate of drug-likeness (QED) is 0.710. The highest BCUT2D eigenvalue weighted by Gasteiger charge is 2.27. The highest BCUT2D eigenvalue weighted by Crippen LogP contribution is 2.26. The Morgan fingerprint density at radius 2 is 2.00 bits per heavy atom. The highest BCUT2D eigenvalue weighted by atomic mass is 19.1. The molecule has 136 valence electrons. The second kappa shape index (κ2) is 7.23. The van der Waals surface area contributed by atoms with Crippen molar-refractivity contribution in [3.63, 3.8) is 0 Å². The molecule has 1 aromatic carbocycles. The summed E-state index contributed by atoms with van der Waals surface area (Å²) in [4.78, 5) is 27.8. The van der Waals surface area contributed by atoms with E-state index < -0.39 is 6.67 Å². The number of nitrogens with zero attached hydrogens (tertiary/aromatic N) is 4. The Morgan fingerprint density at radius 1 is 1.19 bits per heavy atom. The Morgan fingerprint density at radius 3 is 2.74 bits per heavy atom. The molecule has 1 aliphatic rings. The van der Waals surface area contributed by atoms with Crippen LogP contribution in [0.1, 0.15) is 39.7 Å². The summed E-state index contributed by atoms with van der Waals surface area (Å²) in [5.41, 5.74) is 4.52. The van der Waals surface area contributed by atoms with Crippen molar-refractivity contribution in [1.29, 1.82) is 0 Å². The van der Waals surface area contributed by atoms with Gasteiger partial charge in [0.2, 0.25) is 0 Å². The lowest BCUT2D eigenvalue weighted by Crippen LogP contribution is -2.26. The lowest BCUT2D eigenvalue weighted by Gasteiger charge is -2.17. The number of aromatic nitrogens is 3. The molecular formula is C21H19FN4O. The van der Waals surface area contributed by atoms with Crippen molar-refractivity contribution in [1.82, 2.24) is 19.9 Å². The number of aryl methyl sites for hydroxylation is 1. The molecule has 4 rings (SSSR count). The van der Waals surface area contributed by atoms with Crippen LogP contribution >= 0.6 is 0 Å². The van der Waals surface area contributed by atoms with Gasteiger partial charge in [-0.1, -0.05) is 19.1 Å². The molecular weight excluding hydrogens is 343 g/mol. The predicted molar refractivity (Wildman–Crippen MR) is 99.5 cm³/mol. The SMILES string of the molecule is CCc1ccc(CF)c(C(=O)N2Cc3cnc(-c4ccncc4)nc3C2)c1. The summed E-state index contributed by atoms with van der Waals surface area (Å²) in [5, 5.41) is 0. The van der Waals surface area contributed by atoms with Gasteiger partial charge in [-0.05, 0) is 35.7 Å². The second-order valence-corrected chi connectivity index (χ2v) is 6.54. The molecule has 0 atom stereocenters. The van der Waals surface area contributed by atoms with Crippen molar-refractivity contribution in [2.24, 2.45) is 0 Å². The monoisotopic (exact) mass is 362 g/mol. The number of amides is 1. The van der Waals surface area contributed by atoms with Gasteiger partial charge in [-0.25, -0.2) is 14.4 Å². The molecule has 3 heterocycles. The lowest BCUT2D eigenvalue weighted by atomic mass is 10.0. The first-order valence-electron chi connectivity index (χ1n) is 8.91. The first-order chi connectivity index (χ1) is 13.2. The summed E-state index contributed by atoms with van der Waals surface area (Å²) in [6.45, 7) is 2.20. The fourth-order valence-electron chi connectivity index (χ4n) is 3.27. The van der Waals surface area contributed by atoms with Crippen molar-refractivity contribution in [2.45, 2.75) is 33.1 Å². The van der Waals surface area contributed by atoms with Crippen LogP contribution in [0, 0.1) is 0 Å². The van der Waals surface area contributed by atoms with Gasteiger partial charge in [-0.15, -0.1) is 0 Å². The standard InChI is InChI=1S/C21H19FN4O/c1-2-14-3-4-16(10-22)18(9-14)21(27)26-12-17-11-24-20(25-19(17)13-26)15-5-7-23-8-6-15/h3-9,11H,2,10,12-13H2,1H3. The largest absolute Gasteiger partial charge is 0.328 e. The van der Waals surface area contributed by atoms with E-state index in [0.717, 1.165) is 28.8 Å². The zero-order chi connectivity index (χ0) is 18.8. The van der Waals surface area contributed by atoms with E-state index in [0.29, 0.717) is 30.0 Å². The minimum Gasteiger partial charge on any atom is -0.328 e. The Bertz CT molecular complexity index is 991.